The quantitative estimate of drug-likeness (QED) is 0.706. The average molecular weight is 253 g/mol. The molecule has 18 heavy (non-hydrogen) atoms. The van der Waals surface area contributed by atoms with E-state index in [4.69, 9.17) is 0 Å². The lowest BCUT2D eigenvalue weighted by molar-refractivity contribution is -0.122. The van der Waals surface area contributed by atoms with Crippen molar-refractivity contribution in [2.24, 2.45) is 11.8 Å². The summed E-state index contributed by atoms with van der Waals surface area (Å²) in [5.74, 6) is 1.71. The molecule has 1 amide bonds. The first kappa shape index (κ1) is 13.8. The molecule has 1 unspecified atom stereocenters. The van der Waals surface area contributed by atoms with Crippen LogP contribution in [0.5, 0.6) is 0 Å². The SMILES string of the molecule is CCNCC1CCCN(CC(=O)NCC2CC2)C1. The molecule has 1 saturated carbocycles. The van der Waals surface area contributed by atoms with Crippen LogP contribution in [0.2, 0.25) is 0 Å². The molecular formula is C14H27N3O. The summed E-state index contributed by atoms with van der Waals surface area (Å²) < 4.78 is 0. The van der Waals surface area contributed by atoms with Gasteiger partial charge in [-0.05, 0) is 57.2 Å². The van der Waals surface area contributed by atoms with E-state index in [1.54, 1.807) is 0 Å². The Morgan fingerprint density at radius 2 is 2.06 bits per heavy atom. The maximum Gasteiger partial charge on any atom is 0.234 e. The van der Waals surface area contributed by atoms with Crippen LogP contribution in [0.15, 0.2) is 0 Å². The second-order valence-electron chi connectivity index (χ2n) is 5.80. The van der Waals surface area contributed by atoms with E-state index < -0.39 is 0 Å². The zero-order chi connectivity index (χ0) is 12.8. The summed E-state index contributed by atoms with van der Waals surface area (Å²) in [5.41, 5.74) is 0. The van der Waals surface area contributed by atoms with Gasteiger partial charge >= 0.3 is 0 Å². The second kappa shape index (κ2) is 7.10. The molecule has 1 aliphatic carbocycles. The highest BCUT2D eigenvalue weighted by Gasteiger charge is 2.24. The molecule has 0 aromatic heterocycles. The van der Waals surface area contributed by atoms with Gasteiger partial charge in [0.15, 0.2) is 0 Å². The van der Waals surface area contributed by atoms with E-state index in [1.165, 1.54) is 25.7 Å². The third-order valence-corrected chi connectivity index (χ3v) is 3.94. The van der Waals surface area contributed by atoms with Gasteiger partial charge in [0.05, 0.1) is 6.54 Å². The molecule has 1 atom stereocenters. The van der Waals surface area contributed by atoms with Crippen LogP contribution in [0.1, 0.15) is 32.6 Å². The van der Waals surface area contributed by atoms with Crippen molar-refractivity contribution in [1.29, 1.82) is 0 Å². The highest BCUT2D eigenvalue weighted by molar-refractivity contribution is 5.78. The van der Waals surface area contributed by atoms with E-state index in [0.29, 0.717) is 6.54 Å². The van der Waals surface area contributed by atoms with Gasteiger partial charge in [0, 0.05) is 13.1 Å². The lowest BCUT2D eigenvalue weighted by Crippen LogP contribution is -2.44. The standard InChI is InChI=1S/C14H27N3O/c1-2-15-8-13-4-3-7-17(10-13)11-14(18)16-9-12-5-6-12/h12-13,15H,2-11H2,1H3,(H,16,18). The Bertz CT molecular complexity index is 266. The first-order chi connectivity index (χ1) is 8.78. The van der Waals surface area contributed by atoms with E-state index in [-0.39, 0.29) is 5.91 Å². The molecule has 0 bridgehead atoms. The Labute approximate surface area is 110 Å². The Balaban J connectivity index is 1.62. The highest BCUT2D eigenvalue weighted by Crippen LogP contribution is 2.27. The van der Waals surface area contributed by atoms with Crippen molar-refractivity contribution >= 4 is 5.91 Å². The minimum atomic E-state index is 0.214. The molecule has 0 aromatic rings. The van der Waals surface area contributed by atoms with Crippen molar-refractivity contribution in [3.05, 3.63) is 0 Å². The van der Waals surface area contributed by atoms with Crippen molar-refractivity contribution in [3.63, 3.8) is 0 Å². The fraction of sp³-hybridized carbons (Fsp3) is 0.929. The smallest absolute Gasteiger partial charge is 0.234 e. The molecule has 1 heterocycles. The molecule has 0 radical (unpaired) electrons. The summed E-state index contributed by atoms with van der Waals surface area (Å²) in [6.45, 7) is 7.92. The highest BCUT2D eigenvalue weighted by atomic mass is 16.2. The van der Waals surface area contributed by atoms with Crippen molar-refractivity contribution in [1.82, 2.24) is 15.5 Å². The Kier molecular flexibility index (Phi) is 5.45. The van der Waals surface area contributed by atoms with Gasteiger partial charge in [0.2, 0.25) is 5.91 Å². The van der Waals surface area contributed by atoms with Crippen molar-refractivity contribution < 1.29 is 4.79 Å². The number of nitrogens with one attached hydrogen (secondary N) is 2. The number of hydrogen-bond donors (Lipinski definition) is 2. The predicted molar refractivity (Wildman–Crippen MR) is 73.4 cm³/mol. The van der Waals surface area contributed by atoms with E-state index in [0.717, 1.165) is 44.6 Å². The van der Waals surface area contributed by atoms with Crippen molar-refractivity contribution in [3.8, 4) is 0 Å². The molecule has 2 N–H and O–H groups in total. The monoisotopic (exact) mass is 253 g/mol. The van der Waals surface area contributed by atoms with E-state index in [9.17, 15) is 4.79 Å². The molecule has 2 fully saturated rings. The van der Waals surface area contributed by atoms with E-state index in [2.05, 4.69) is 22.5 Å². The van der Waals surface area contributed by atoms with Gasteiger partial charge in [-0.25, -0.2) is 0 Å². The molecule has 0 spiro atoms. The van der Waals surface area contributed by atoms with E-state index >= 15 is 0 Å². The maximum absolute atomic E-state index is 11.8. The van der Waals surface area contributed by atoms with Gasteiger partial charge in [-0.2, -0.15) is 0 Å². The summed E-state index contributed by atoms with van der Waals surface area (Å²) in [5, 5.41) is 6.47. The van der Waals surface area contributed by atoms with Crippen LogP contribution in [0.25, 0.3) is 0 Å². The molecule has 4 nitrogen and oxygen atoms in total. The van der Waals surface area contributed by atoms with Crippen LogP contribution < -0.4 is 10.6 Å². The van der Waals surface area contributed by atoms with E-state index in [1.807, 2.05) is 0 Å². The van der Waals surface area contributed by atoms with Gasteiger partial charge in [-0.3, -0.25) is 9.69 Å². The number of amides is 1. The molecule has 1 aliphatic heterocycles. The summed E-state index contributed by atoms with van der Waals surface area (Å²) in [7, 11) is 0. The lowest BCUT2D eigenvalue weighted by Gasteiger charge is -2.32. The summed E-state index contributed by atoms with van der Waals surface area (Å²) >= 11 is 0. The van der Waals surface area contributed by atoms with Crippen LogP contribution in [-0.2, 0) is 4.79 Å². The Hall–Kier alpha value is -0.610. The minimum absolute atomic E-state index is 0.214. The fourth-order valence-electron chi connectivity index (χ4n) is 2.65. The van der Waals surface area contributed by atoms with Crippen LogP contribution in [0, 0.1) is 11.8 Å². The molecule has 4 heteroatoms. The normalized spacial score (nSPS) is 25.1. The number of nitrogens with zero attached hydrogens (tertiary/aromatic N) is 1. The number of hydrogen-bond acceptors (Lipinski definition) is 3. The first-order valence-corrected chi connectivity index (χ1v) is 7.47. The summed E-state index contributed by atoms with van der Waals surface area (Å²) in [4.78, 5) is 14.1. The molecule has 1 saturated heterocycles. The molecular weight excluding hydrogens is 226 g/mol. The number of carbonyl (C=O) groups excluding carboxylic acids is 1. The lowest BCUT2D eigenvalue weighted by atomic mass is 9.98. The number of rotatable bonds is 7. The predicted octanol–water partition coefficient (Wildman–Crippen LogP) is 0.834. The Morgan fingerprint density at radius 1 is 1.22 bits per heavy atom. The summed E-state index contributed by atoms with van der Waals surface area (Å²) in [6, 6.07) is 0. The third-order valence-electron chi connectivity index (χ3n) is 3.94. The first-order valence-electron chi connectivity index (χ1n) is 7.47. The van der Waals surface area contributed by atoms with Crippen LogP contribution in [-0.4, -0.2) is 50.1 Å². The summed E-state index contributed by atoms with van der Waals surface area (Å²) in [6.07, 6.45) is 5.13. The zero-order valence-corrected chi connectivity index (χ0v) is 11.6. The van der Waals surface area contributed by atoms with Gasteiger partial charge < -0.3 is 10.6 Å². The molecule has 0 aromatic carbocycles. The average Bonchev–Trinajstić information content (AvgIpc) is 3.18. The van der Waals surface area contributed by atoms with Gasteiger partial charge in [0.25, 0.3) is 0 Å². The minimum Gasteiger partial charge on any atom is -0.355 e. The second-order valence-corrected chi connectivity index (χ2v) is 5.80. The molecule has 2 aliphatic rings. The topological polar surface area (TPSA) is 44.4 Å². The number of likely N-dealkylation sites (tertiary alicyclic amines) is 1. The number of piperidine rings is 1. The zero-order valence-electron chi connectivity index (χ0n) is 11.6. The molecule has 2 rings (SSSR count). The van der Waals surface area contributed by atoms with Crippen LogP contribution in [0.4, 0.5) is 0 Å². The number of carbonyl (C=O) groups is 1. The largest absolute Gasteiger partial charge is 0.355 e. The maximum atomic E-state index is 11.8. The fourth-order valence-corrected chi connectivity index (χ4v) is 2.65. The van der Waals surface area contributed by atoms with Crippen molar-refractivity contribution in [2.75, 3.05) is 39.3 Å². The third kappa shape index (κ3) is 4.94. The van der Waals surface area contributed by atoms with Gasteiger partial charge in [-0.15, -0.1) is 0 Å². The van der Waals surface area contributed by atoms with Crippen LogP contribution >= 0.6 is 0 Å². The Morgan fingerprint density at radius 3 is 2.78 bits per heavy atom. The molecule has 104 valence electrons. The van der Waals surface area contributed by atoms with Crippen LogP contribution in [0.3, 0.4) is 0 Å². The van der Waals surface area contributed by atoms with Crippen molar-refractivity contribution in [2.45, 2.75) is 32.6 Å². The van der Waals surface area contributed by atoms with Gasteiger partial charge in [-0.1, -0.05) is 6.92 Å². The van der Waals surface area contributed by atoms with Gasteiger partial charge in [0.1, 0.15) is 0 Å².